The van der Waals surface area contributed by atoms with Crippen molar-refractivity contribution >= 4 is 78.0 Å². The van der Waals surface area contributed by atoms with Gasteiger partial charge in [0.25, 0.3) is 31.7 Å². The summed E-state index contributed by atoms with van der Waals surface area (Å²) in [6.45, 7) is 2.80. The number of hydrogen-bond acceptors (Lipinski definition) is 11. The lowest BCUT2D eigenvalue weighted by Gasteiger charge is -2.15. The molecule has 3 aromatic rings. The van der Waals surface area contributed by atoms with Crippen molar-refractivity contribution in [2.45, 2.75) is 42.6 Å². The minimum Gasteiger partial charge on any atom is -0.326 e. The Bertz CT molecular complexity index is 2030. The number of benzene rings is 2. The second-order valence-electron chi connectivity index (χ2n) is 9.22. The Morgan fingerprint density at radius 3 is 2.39 bits per heavy atom. The van der Waals surface area contributed by atoms with Crippen LogP contribution in [-0.2, 0) is 36.4 Å². The molecule has 2 aromatic carbocycles. The third-order valence-electron chi connectivity index (χ3n) is 6.09. The first-order chi connectivity index (χ1) is 20.5. The predicted molar refractivity (Wildman–Crippen MR) is 158 cm³/mol. The number of azo groups is 1. The quantitative estimate of drug-likeness (QED) is 0.220. The van der Waals surface area contributed by atoms with Crippen LogP contribution in [0.2, 0.25) is 10.0 Å². The summed E-state index contributed by atoms with van der Waals surface area (Å²) in [5, 5.41) is 18.8. The smallest absolute Gasteiger partial charge is 0.296 e. The average molecular weight is 687 g/mol. The summed E-state index contributed by atoms with van der Waals surface area (Å²) in [4.78, 5) is 36.5. The Kier molecular flexibility index (Phi) is 9.33. The van der Waals surface area contributed by atoms with Gasteiger partial charge in [0.1, 0.15) is 15.6 Å². The van der Waals surface area contributed by atoms with Crippen LogP contribution in [0.25, 0.3) is 0 Å². The summed E-state index contributed by atoms with van der Waals surface area (Å²) in [7, 11) is -9.37. The third-order valence-corrected chi connectivity index (χ3v) is 8.57. The Morgan fingerprint density at radius 2 is 1.75 bits per heavy atom. The first-order valence-electron chi connectivity index (χ1n) is 12.2. The molecule has 1 atom stereocenters. The zero-order valence-corrected chi connectivity index (χ0v) is 25.7. The first-order valence-corrected chi connectivity index (χ1v) is 15.8. The van der Waals surface area contributed by atoms with E-state index in [0.717, 1.165) is 40.2 Å². The molecule has 2 amide bonds. The number of carbonyl (C=O) groups is 2. The summed E-state index contributed by atoms with van der Waals surface area (Å²) >= 11 is 11.5. The van der Waals surface area contributed by atoms with Crippen LogP contribution in [0.3, 0.4) is 0 Å². The molecule has 20 heteroatoms. The highest BCUT2D eigenvalue weighted by molar-refractivity contribution is 7.86. The molecule has 1 aliphatic heterocycles. The van der Waals surface area contributed by atoms with E-state index >= 15 is 0 Å². The van der Waals surface area contributed by atoms with E-state index in [9.17, 15) is 40.3 Å². The van der Waals surface area contributed by atoms with Gasteiger partial charge in [-0.15, -0.1) is 0 Å². The number of hydrogen-bond donors (Lipinski definition) is 3. The van der Waals surface area contributed by atoms with E-state index < -0.39 is 48.5 Å². The van der Waals surface area contributed by atoms with Gasteiger partial charge >= 0.3 is 0 Å². The maximum Gasteiger partial charge on any atom is 0.296 e. The van der Waals surface area contributed by atoms with Gasteiger partial charge < -0.3 is 5.32 Å². The molecule has 0 saturated carbocycles. The predicted octanol–water partition coefficient (Wildman–Crippen LogP) is 3.26. The number of aryl methyl sites for hydroxylation is 2. The lowest BCUT2D eigenvalue weighted by Crippen LogP contribution is -2.30. The number of aromatic nitrogens is 2. The van der Waals surface area contributed by atoms with Gasteiger partial charge in [0.05, 0.1) is 34.1 Å². The molecule has 0 fully saturated rings. The second kappa shape index (κ2) is 12.5. The Morgan fingerprint density at radius 1 is 1.05 bits per heavy atom. The van der Waals surface area contributed by atoms with Crippen molar-refractivity contribution in [3.63, 3.8) is 0 Å². The van der Waals surface area contributed by atoms with Gasteiger partial charge in [-0.1, -0.05) is 23.2 Å². The standard InChI is InChI=1S/C24H21Cl2N7O9S2/c1-12-9-15(43(37,38)39)4-6-18(12)33-24(36)22(13(2)31-33)30-29-17-5-3-14(10-19(17)44(40,41)42)28-20(34)7-8-32-23(35)21(26)16(25)11-27-32/h3-6,9-11,22H,7-8H2,1-2H3,(H,28,34)(H,37,38,39)(H,40,41,42). The minimum absolute atomic E-state index is 0.0410. The lowest BCUT2D eigenvalue weighted by molar-refractivity contribution is -0.118. The van der Waals surface area contributed by atoms with Crippen molar-refractivity contribution in [3.05, 3.63) is 68.6 Å². The van der Waals surface area contributed by atoms with E-state index in [1.807, 2.05) is 0 Å². The SMILES string of the molecule is CC1=NN(c2ccc(S(=O)(=O)O)cc2C)C(=O)C1N=Nc1ccc(NC(=O)CCn2ncc(Cl)c(Cl)c2=O)cc1S(=O)(=O)O. The molecule has 232 valence electrons. The fourth-order valence-electron chi connectivity index (χ4n) is 3.92. The summed E-state index contributed by atoms with van der Waals surface area (Å²) in [5.74, 6) is -1.33. The highest BCUT2D eigenvalue weighted by Gasteiger charge is 2.36. The summed E-state index contributed by atoms with van der Waals surface area (Å²) in [5.41, 5.74) is -0.424. The molecule has 0 spiro atoms. The summed E-state index contributed by atoms with van der Waals surface area (Å²) < 4.78 is 67.0. The molecule has 16 nitrogen and oxygen atoms in total. The molecule has 0 aliphatic carbocycles. The fourth-order valence-corrected chi connectivity index (χ4v) is 5.41. The molecule has 3 N–H and O–H groups in total. The Balaban J connectivity index is 1.51. The monoisotopic (exact) mass is 685 g/mol. The van der Waals surface area contributed by atoms with Gasteiger partial charge in [0.15, 0.2) is 6.04 Å². The van der Waals surface area contributed by atoms with Crippen molar-refractivity contribution < 1.29 is 35.5 Å². The van der Waals surface area contributed by atoms with Crippen molar-refractivity contribution in [1.29, 1.82) is 0 Å². The summed E-state index contributed by atoms with van der Waals surface area (Å²) in [6, 6.07) is 5.56. The number of nitrogens with zero attached hydrogens (tertiary/aromatic N) is 6. The molecule has 0 bridgehead atoms. The molecule has 1 aliphatic rings. The highest BCUT2D eigenvalue weighted by Crippen LogP contribution is 2.31. The largest absolute Gasteiger partial charge is 0.326 e. The first kappa shape index (κ1) is 32.8. The number of nitrogens with one attached hydrogen (secondary N) is 1. The van der Waals surface area contributed by atoms with Gasteiger partial charge in [-0.3, -0.25) is 23.5 Å². The van der Waals surface area contributed by atoms with Crippen LogP contribution >= 0.6 is 23.2 Å². The van der Waals surface area contributed by atoms with Crippen LogP contribution in [0.5, 0.6) is 0 Å². The summed E-state index contributed by atoms with van der Waals surface area (Å²) in [6.07, 6.45) is 0.883. The second-order valence-corrected chi connectivity index (χ2v) is 12.8. The molecular weight excluding hydrogens is 665 g/mol. The molecule has 0 saturated heterocycles. The maximum atomic E-state index is 13.1. The number of anilines is 2. The van der Waals surface area contributed by atoms with Gasteiger partial charge in [0, 0.05) is 12.1 Å². The number of carbonyl (C=O) groups excluding carboxylic acids is 2. The van der Waals surface area contributed by atoms with Crippen LogP contribution in [0.4, 0.5) is 17.1 Å². The highest BCUT2D eigenvalue weighted by atomic mass is 35.5. The van der Waals surface area contributed by atoms with E-state index in [2.05, 4.69) is 25.7 Å². The van der Waals surface area contributed by atoms with Gasteiger partial charge in [-0.2, -0.15) is 42.3 Å². The van der Waals surface area contributed by atoms with Crippen molar-refractivity contribution in [3.8, 4) is 0 Å². The van der Waals surface area contributed by atoms with Crippen molar-refractivity contribution in [1.82, 2.24) is 9.78 Å². The topological polar surface area (TPSA) is 230 Å². The Hall–Kier alpha value is -4.07. The van der Waals surface area contributed by atoms with E-state index in [-0.39, 0.29) is 50.7 Å². The molecule has 0 radical (unpaired) electrons. The fraction of sp³-hybridized carbons (Fsp3) is 0.208. The van der Waals surface area contributed by atoms with Crippen molar-refractivity contribution in [2.24, 2.45) is 15.3 Å². The minimum atomic E-state index is -4.89. The van der Waals surface area contributed by atoms with Crippen LogP contribution < -0.4 is 15.9 Å². The van der Waals surface area contributed by atoms with E-state index in [0.29, 0.717) is 5.56 Å². The van der Waals surface area contributed by atoms with Crippen molar-refractivity contribution in [2.75, 3.05) is 10.3 Å². The maximum absolute atomic E-state index is 13.1. The Labute approximate surface area is 259 Å². The van der Waals surface area contributed by atoms with Gasteiger partial charge in [0.2, 0.25) is 5.91 Å². The van der Waals surface area contributed by atoms with Crippen LogP contribution in [0, 0.1) is 6.92 Å². The molecule has 1 unspecified atom stereocenters. The number of amides is 2. The van der Waals surface area contributed by atoms with Crippen LogP contribution in [-0.4, -0.2) is 59.3 Å². The zero-order chi connectivity index (χ0) is 32.6. The van der Waals surface area contributed by atoms with Crippen LogP contribution in [0.1, 0.15) is 18.9 Å². The molecule has 44 heavy (non-hydrogen) atoms. The molecule has 1 aromatic heterocycles. The molecule has 2 heterocycles. The van der Waals surface area contributed by atoms with Gasteiger partial charge in [-0.05, 0) is 55.8 Å². The van der Waals surface area contributed by atoms with Crippen LogP contribution in [0.15, 0.2) is 72.5 Å². The van der Waals surface area contributed by atoms with E-state index in [1.165, 1.54) is 26.0 Å². The lowest BCUT2D eigenvalue weighted by atomic mass is 10.1. The normalized spacial score (nSPS) is 15.6. The zero-order valence-electron chi connectivity index (χ0n) is 22.5. The van der Waals surface area contributed by atoms with E-state index in [1.54, 1.807) is 0 Å². The van der Waals surface area contributed by atoms with Gasteiger partial charge in [-0.25, -0.2) is 4.68 Å². The number of halogens is 2. The average Bonchev–Trinajstić information content (AvgIpc) is 3.21. The molecular formula is C24H21Cl2N7O9S2. The number of hydrazone groups is 1. The molecule has 4 rings (SSSR count). The third kappa shape index (κ3) is 7.17. The van der Waals surface area contributed by atoms with E-state index in [4.69, 9.17) is 23.2 Å². The number of rotatable bonds is 9.